The van der Waals surface area contributed by atoms with Crippen molar-refractivity contribution in [2.24, 2.45) is 5.73 Å². The van der Waals surface area contributed by atoms with Gasteiger partial charge in [0.2, 0.25) is 0 Å². The quantitative estimate of drug-likeness (QED) is 0.580. The summed E-state index contributed by atoms with van der Waals surface area (Å²) < 4.78 is 4.73. The van der Waals surface area contributed by atoms with Crippen LogP contribution in [0.4, 0.5) is 0 Å². The summed E-state index contributed by atoms with van der Waals surface area (Å²) in [7, 11) is 0. The van der Waals surface area contributed by atoms with Crippen LogP contribution >= 0.6 is 0 Å². The maximum Gasteiger partial charge on any atom is 0.320 e. The average Bonchev–Trinajstić information content (AvgIpc) is 2.10. The molecule has 0 aliphatic heterocycles. The van der Waals surface area contributed by atoms with Gasteiger partial charge in [0, 0.05) is 6.42 Å². The topological polar surface area (TPSA) is 89.6 Å². The molecular formula is C8H15NO4. The van der Waals surface area contributed by atoms with Gasteiger partial charge < -0.3 is 15.6 Å². The van der Waals surface area contributed by atoms with E-state index < -0.39 is 18.0 Å². The van der Waals surface area contributed by atoms with Crippen LogP contribution in [0, 0.1) is 0 Å². The molecule has 0 aliphatic rings. The van der Waals surface area contributed by atoms with Gasteiger partial charge in [0.15, 0.2) is 0 Å². The van der Waals surface area contributed by atoms with Gasteiger partial charge in [-0.2, -0.15) is 0 Å². The number of aliphatic carboxylic acids is 1. The normalized spacial score (nSPS) is 12.2. The summed E-state index contributed by atoms with van der Waals surface area (Å²) in [6, 6.07) is -0.978. The molecule has 76 valence electrons. The van der Waals surface area contributed by atoms with Crippen LogP contribution in [-0.2, 0) is 14.3 Å². The van der Waals surface area contributed by atoms with E-state index in [1.165, 1.54) is 0 Å². The molecule has 5 nitrogen and oxygen atoms in total. The lowest BCUT2D eigenvalue weighted by atomic mass is 10.2. The highest BCUT2D eigenvalue weighted by Crippen LogP contribution is 1.97. The summed E-state index contributed by atoms with van der Waals surface area (Å²) in [4.78, 5) is 21.1. The fourth-order valence-electron chi connectivity index (χ4n) is 0.685. The largest absolute Gasteiger partial charge is 0.480 e. The summed E-state index contributed by atoms with van der Waals surface area (Å²) in [6.45, 7) is 2.26. The number of carboxylic acid groups (broad SMARTS) is 1. The predicted octanol–water partition coefficient (Wildman–Crippen LogP) is 0.132. The van der Waals surface area contributed by atoms with Crippen molar-refractivity contribution in [3.8, 4) is 0 Å². The van der Waals surface area contributed by atoms with Gasteiger partial charge >= 0.3 is 11.9 Å². The number of esters is 1. The molecule has 0 aromatic carbocycles. The average molecular weight is 189 g/mol. The zero-order chi connectivity index (χ0) is 10.3. The van der Waals surface area contributed by atoms with Crippen molar-refractivity contribution >= 4 is 11.9 Å². The Labute approximate surface area is 76.9 Å². The van der Waals surface area contributed by atoms with Gasteiger partial charge in [-0.25, -0.2) is 0 Å². The minimum absolute atomic E-state index is 0.0630. The van der Waals surface area contributed by atoms with E-state index in [1.807, 2.05) is 6.92 Å². The zero-order valence-electron chi connectivity index (χ0n) is 7.66. The second-order valence-corrected chi connectivity index (χ2v) is 2.70. The lowest BCUT2D eigenvalue weighted by Crippen LogP contribution is -2.30. The summed E-state index contributed by atoms with van der Waals surface area (Å²) in [5, 5.41) is 8.39. The Morgan fingerprint density at radius 1 is 1.54 bits per heavy atom. The molecule has 0 bridgehead atoms. The molecule has 1 atom stereocenters. The molecule has 0 spiro atoms. The fraction of sp³-hybridized carbons (Fsp3) is 0.750. The van der Waals surface area contributed by atoms with Gasteiger partial charge in [-0.3, -0.25) is 9.59 Å². The first-order valence-electron chi connectivity index (χ1n) is 4.22. The maximum absolute atomic E-state index is 10.9. The Morgan fingerprint density at radius 2 is 2.15 bits per heavy atom. The Kier molecular flexibility index (Phi) is 5.88. The van der Waals surface area contributed by atoms with E-state index in [1.54, 1.807) is 0 Å². The minimum Gasteiger partial charge on any atom is -0.480 e. The van der Waals surface area contributed by atoms with Crippen LogP contribution in [0.3, 0.4) is 0 Å². The molecule has 0 aliphatic carbocycles. The van der Waals surface area contributed by atoms with Crippen molar-refractivity contribution in [2.45, 2.75) is 32.2 Å². The zero-order valence-corrected chi connectivity index (χ0v) is 7.66. The summed E-state index contributed by atoms with van der Waals surface area (Å²) in [5.74, 6) is -1.48. The monoisotopic (exact) mass is 189 g/mol. The van der Waals surface area contributed by atoms with Crippen molar-refractivity contribution in [2.75, 3.05) is 6.61 Å². The first-order chi connectivity index (χ1) is 6.07. The molecule has 0 rings (SSSR count). The highest BCUT2D eigenvalue weighted by atomic mass is 16.5. The van der Waals surface area contributed by atoms with E-state index >= 15 is 0 Å². The van der Waals surface area contributed by atoms with E-state index in [4.69, 9.17) is 15.6 Å². The highest BCUT2D eigenvalue weighted by molar-refractivity contribution is 5.75. The number of carbonyl (C=O) groups is 2. The van der Waals surface area contributed by atoms with Crippen LogP contribution in [0.5, 0.6) is 0 Å². The van der Waals surface area contributed by atoms with Crippen LogP contribution in [0.15, 0.2) is 0 Å². The van der Waals surface area contributed by atoms with E-state index in [0.717, 1.165) is 6.42 Å². The van der Waals surface area contributed by atoms with Crippen LogP contribution < -0.4 is 5.73 Å². The lowest BCUT2D eigenvalue weighted by molar-refractivity contribution is -0.144. The Bertz CT molecular complexity index is 181. The van der Waals surface area contributed by atoms with Crippen molar-refractivity contribution in [1.29, 1.82) is 0 Å². The van der Waals surface area contributed by atoms with Crippen LogP contribution in [0.2, 0.25) is 0 Å². The second-order valence-electron chi connectivity index (χ2n) is 2.70. The molecule has 0 amide bonds. The molecule has 0 aromatic heterocycles. The van der Waals surface area contributed by atoms with Gasteiger partial charge in [0.1, 0.15) is 6.04 Å². The Balaban J connectivity index is 3.52. The summed E-state index contributed by atoms with van der Waals surface area (Å²) in [6.07, 6.45) is 0.946. The number of hydrogen-bond acceptors (Lipinski definition) is 4. The van der Waals surface area contributed by atoms with Gasteiger partial charge in [-0.15, -0.1) is 0 Å². The summed E-state index contributed by atoms with van der Waals surface area (Å²) in [5.41, 5.74) is 5.19. The van der Waals surface area contributed by atoms with Crippen molar-refractivity contribution in [3.63, 3.8) is 0 Å². The van der Waals surface area contributed by atoms with Crippen LogP contribution in [0.1, 0.15) is 26.2 Å². The smallest absolute Gasteiger partial charge is 0.320 e. The SMILES string of the molecule is CCCOC(=O)CC[C@H](N)C(=O)O. The third kappa shape index (κ3) is 6.10. The number of carboxylic acids is 1. The van der Waals surface area contributed by atoms with Crippen LogP contribution in [-0.4, -0.2) is 29.7 Å². The molecule has 0 heterocycles. The van der Waals surface area contributed by atoms with Crippen molar-refractivity contribution < 1.29 is 19.4 Å². The van der Waals surface area contributed by atoms with Crippen molar-refractivity contribution in [1.82, 2.24) is 0 Å². The maximum atomic E-state index is 10.9. The third-order valence-corrected chi connectivity index (χ3v) is 1.44. The number of hydrogen-bond donors (Lipinski definition) is 2. The number of rotatable bonds is 6. The fourth-order valence-corrected chi connectivity index (χ4v) is 0.685. The Hall–Kier alpha value is -1.10. The second kappa shape index (κ2) is 6.42. The molecule has 13 heavy (non-hydrogen) atoms. The van der Waals surface area contributed by atoms with Gasteiger partial charge in [-0.1, -0.05) is 6.92 Å². The first-order valence-corrected chi connectivity index (χ1v) is 4.22. The molecular weight excluding hydrogens is 174 g/mol. The third-order valence-electron chi connectivity index (χ3n) is 1.44. The van der Waals surface area contributed by atoms with E-state index in [0.29, 0.717) is 6.61 Å². The standard InChI is InChI=1S/C8H15NO4/c1-2-5-13-7(10)4-3-6(9)8(11)12/h6H,2-5,9H2,1H3,(H,11,12)/t6-/m0/s1. The number of nitrogens with two attached hydrogens (primary N) is 1. The lowest BCUT2D eigenvalue weighted by Gasteiger charge is -2.05. The molecule has 0 fully saturated rings. The highest BCUT2D eigenvalue weighted by Gasteiger charge is 2.13. The number of carbonyl (C=O) groups excluding carboxylic acids is 1. The van der Waals surface area contributed by atoms with Crippen LogP contribution in [0.25, 0.3) is 0 Å². The summed E-state index contributed by atoms with van der Waals surface area (Å²) >= 11 is 0. The molecule has 0 unspecified atom stereocenters. The molecule has 5 heteroatoms. The molecule has 3 N–H and O–H groups in total. The van der Waals surface area contributed by atoms with E-state index in [9.17, 15) is 9.59 Å². The van der Waals surface area contributed by atoms with Gasteiger partial charge in [0.25, 0.3) is 0 Å². The van der Waals surface area contributed by atoms with E-state index in [2.05, 4.69) is 0 Å². The molecule has 0 aromatic rings. The van der Waals surface area contributed by atoms with Gasteiger partial charge in [0.05, 0.1) is 6.61 Å². The van der Waals surface area contributed by atoms with E-state index in [-0.39, 0.29) is 12.8 Å². The Morgan fingerprint density at radius 3 is 2.62 bits per heavy atom. The molecule has 0 saturated heterocycles. The minimum atomic E-state index is -1.09. The predicted molar refractivity (Wildman–Crippen MR) is 46.1 cm³/mol. The van der Waals surface area contributed by atoms with Crippen molar-refractivity contribution in [3.05, 3.63) is 0 Å². The molecule has 0 radical (unpaired) electrons. The molecule has 0 saturated carbocycles. The first kappa shape index (κ1) is 11.9. The number of ether oxygens (including phenoxy) is 1. The van der Waals surface area contributed by atoms with Gasteiger partial charge in [-0.05, 0) is 12.8 Å².